The summed E-state index contributed by atoms with van der Waals surface area (Å²) in [6.07, 6.45) is 0.0882. The number of nitrogens with two attached hydrogens (primary N) is 1. The molecular weight excluding hydrogens is 368 g/mol. The summed E-state index contributed by atoms with van der Waals surface area (Å²) in [7, 11) is 0. The van der Waals surface area contributed by atoms with E-state index in [2.05, 4.69) is 10.3 Å². The van der Waals surface area contributed by atoms with Crippen molar-refractivity contribution < 1.29 is 14.4 Å². The van der Waals surface area contributed by atoms with Crippen LogP contribution < -0.4 is 11.1 Å². The van der Waals surface area contributed by atoms with Gasteiger partial charge in [0.1, 0.15) is 0 Å². The second kappa shape index (κ2) is 7.43. The molecule has 0 unspecified atom stereocenters. The first-order valence-corrected chi connectivity index (χ1v) is 9.49. The number of carbonyl (C=O) groups excluding carboxylic acids is 3. The quantitative estimate of drug-likeness (QED) is 0.599. The van der Waals surface area contributed by atoms with Crippen LogP contribution in [-0.2, 0) is 9.59 Å². The van der Waals surface area contributed by atoms with Crippen LogP contribution in [0.2, 0.25) is 0 Å². The summed E-state index contributed by atoms with van der Waals surface area (Å²) in [4.78, 5) is 41.2. The Bertz CT molecular complexity index is 1120. The van der Waals surface area contributed by atoms with Crippen LogP contribution in [0.5, 0.6) is 0 Å². The number of hydrogen-bond acceptors (Lipinski definition) is 3. The lowest BCUT2D eigenvalue weighted by atomic mass is 9.95. The average Bonchev–Trinajstić information content (AvgIpc) is 3.18. The molecule has 2 aromatic carbocycles. The molecule has 7 nitrogen and oxygen atoms in total. The van der Waals surface area contributed by atoms with Crippen LogP contribution in [0.3, 0.4) is 0 Å². The Kier molecular flexibility index (Phi) is 4.80. The molecule has 0 spiro atoms. The summed E-state index contributed by atoms with van der Waals surface area (Å²) in [5.41, 5.74) is 9.70. The van der Waals surface area contributed by atoms with Crippen molar-refractivity contribution >= 4 is 28.6 Å². The Labute approximate surface area is 167 Å². The number of primary amides is 1. The number of aromatic amines is 1. The fourth-order valence-electron chi connectivity index (χ4n) is 4.06. The van der Waals surface area contributed by atoms with E-state index < -0.39 is 5.91 Å². The monoisotopic (exact) mass is 390 g/mol. The molecular formula is C22H22N4O3. The summed E-state index contributed by atoms with van der Waals surface area (Å²) in [6.45, 7) is 2.03. The third-order valence-electron chi connectivity index (χ3n) is 5.31. The maximum absolute atomic E-state index is 13.1. The maximum atomic E-state index is 13.1. The standard InChI is InChI=1S/C22H22N4O3/c1-13-20(16-8-4-5-9-17(16)25-13)21-14-6-2-3-7-15(14)22(29)26(21)11-10-19(28)24-12-18(23)27/h2-9,21,25H,10-12H2,1H3,(H2,23,27)(H,24,28)/t21-/m1/s1. The summed E-state index contributed by atoms with van der Waals surface area (Å²) in [6, 6.07) is 15.3. The summed E-state index contributed by atoms with van der Waals surface area (Å²) in [5, 5.41) is 3.53. The van der Waals surface area contributed by atoms with Crippen molar-refractivity contribution in [2.45, 2.75) is 19.4 Å². The third kappa shape index (κ3) is 3.35. The van der Waals surface area contributed by atoms with E-state index in [0.717, 1.165) is 27.7 Å². The fraction of sp³-hybridized carbons (Fsp3) is 0.227. The van der Waals surface area contributed by atoms with Gasteiger partial charge in [-0.25, -0.2) is 0 Å². The predicted molar refractivity (Wildman–Crippen MR) is 109 cm³/mol. The van der Waals surface area contributed by atoms with Crippen LogP contribution in [0.4, 0.5) is 0 Å². The second-order valence-corrected chi connectivity index (χ2v) is 7.19. The van der Waals surface area contributed by atoms with Gasteiger partial charge in [0.15, 0.2) is 0 Å². The number of benzene rings is 2. The van der Waals surface area contributed by atoms with Crippen LogP contribution in [0.15, 0.2) is 48.5 Å². The SMILES string of the molecule is Cc1[nH]c2ccccc2c1[C@H]1c2ccccc2C(=O)N1CCC(=O)NCC(N)=O. The number of hydrogen-bond donors (Lipinski definition) is 3. The number of aryl methyl sites for hydroxylation is 1. The molecule has 4 rings (SSSR count). The highest BCUT2D eigenvalue weighted by Crippen LogP contribution is 2.42. The minimum atomic E-state index is -0.602. The largest absolute Gasteiger partial charge is 0.368 e. The number of para-hydroxylation sites is 1. The van der Waals surface area contributed by atoms with Gasteiger partial charge in [-0.15, -0.1) is 0 Å². The lowest BCUT2D eigenvalue weighted by molar-refractivity contribution is -0.125. The second-order valence-electron chi connectivity index (χ2n) is 7.19. The molecule has 0 saturated carbocycles. The van der Waals surface area contributed by atoms with E-state index in [9.17, 15) is 14.4 Å². The lowest BCUT2D eigenvalue weighted by Gasteiger charge is -2.26. The molecule has 1 aliphatic rings. The number of amides is 3. The van der Waals surface area contributed by atoms with E-state index in [-0.39, 0.29) is 37.4 Å². The Morgan fingerprint density at radius 3 is 2.66 bits per heavy atom. The molecule has 1 atom stereocenters. The van der Waals surface area contributed by atoms with Crippen molar-refractivity contribution in [2.75, 3.05) is 13.1 Å². The lowest BCUT2D eigenvalue weighted by Crippen LogP contribution is -2.37. The van der Waals surface area contributed by atoms with Crippen molar-refractivity contribution in [1.29, 1.82) is 0 Å². The molecule has 0 radical (unpaired) electrons. The zero-order valence-electron chi connectivity index (χ0n) is 16.1. The molecule has 7 heteroatoms. The van der Waals surface area contributed by atoms with Crippen LogP contribution >= 0.6 is 0 Å². The maximum Gasteiger partial charge on any atom is 0.255 e. The zero-order chi connectivity index (χ0) is 20.5. The van der Waals surface area contributed by atoms with E-state index in [1.807, 2.05) is 55.5 Å². The summed E-state index contributed by atoms with van der Waals surface area (Å²) in [5.74, 6) is -1.02. The first-order valence-electron chi connectivity index (χ1n) is 9.49. The van der Waals surface area contributed by atoms with Crippen LogP contribution in [-0.4, -0.2) is 40.7 Å². The number of nitrogens with one attached hydrogen (secondary N) is 2. The van der Waals surface area contributed by atoms with Crippen molar-refractivity contribution in [3.63, 3.8) is 0 Å². The van der Waals surface area contributed by atoms with Crippen LogP contribution in [0.1, 0.15) is 39.6 Å². The molecule has 0 bridgehead atoms. The molecule has 2 heterocycles. The third-order valence-corrected chi connectivity index (χ3v) is 5.31. The summed E-state index contributed by atoms with van der Waals surface area (Å²) < 4.78 is 0. The number of carbonyl (C=O) groups is 3. The predicted octanol–water partition coefficient (Wildman–Crippen LogP) is 2.01. The number of aromatic nitrogens is 1. The molecule has 0 saturated heterocycles. The van der Waals surface area contributed by atoms with Gasteiger partial charge in [0.25, 0.3) is 5.91 Å². The molecule has 0 aliphatic carbocycles. The molecule has 3 amide bonds. The van der Waals surface area contributed by atoms with E-state index >= 15 is 0 Å². The van der Waals surface area contributed by atoms with Crippen molar-refractivity contribution in [3.05, 3.63) is 70.9 Å². The van der Waals surface area contributed by atoms with Gasteiger partial charge in [0.2, 0.25) is 11.8 Å². The highest BCUT2D eigenvalue weighted by Gasteiger charge is 2.39. The Morgan fingerprint density at radius 1 is 1.14 bits per heavy atom. The molecule has 3 aromatic rings. The molecule has 148 valence electrons. The van der Waals surface area contributed by atoms with Gasteiger partial charge in [0.05, 0.1) is 12.6 Å². The molecule has 4 N–H and O–H groups in total. The number of rotatable bonds is 6. The first kappa shape index (κ1) is 18.7. The number of H-pyrrole nitrogens is 1. The molecule has 1 aromatic heterocycles. The normalized spacial score (nSPS) is 15.6. The van der Waals surface area contributed by atoms with E-state index in [1.165, 1.54) is 0 Å². The first-order chi connectivity index (χ1) is 14.0. The van der Waals surface area contributed by atoms with Gasteiger partial charge in [-0.3, -0.25) is 14.4 Å². The van der Waals surface area contributed by atoms with Gasteiger partial charge >= 0.3 is 0 Å². The smallest absolute Gasteiger partial charge is 0.255 e. The Balaban J connectivity index is 1.70. The zero-order valence-corrected chi connectivity index (χ0v) is 16.1. The fourth-order valence-corrected chi connectivity index (χ4v) is 4.06. The minimum absolute atomic E-state index is 0.0882. The van der Waals surface area contributed by atoms with Crippen molar-refractivity contribution in [2.24, 2.45) is 5.73 Å². The summed E-state index contributed by atoms with van der Waals surface area (Å²) >= 11 is 0. The van der Waals surface area contributed by atoms with E-state index in [4.69, 9.17) is 5.73 Å². The minimum Gasteiger partial charge on any atom is -0.368 e. The van der Waals surface area contributed by atoms with Gasteiger partial charge in [-0.05, 0) is 24.6 Å². The highest BCUT2D eigenvalue weighted by atomic mass is 16.2. The van der Waals surface area contributed by atoms with Crippen molar-refractivity contribution in [1.82, 2.24) is 15.2 Å². The number of nitrogens with zero attached hydrogens (tertiary/aromatic N) is 1. The highest BCUT2D eigenvalue weighted by molar-refractivity contribution is 6.01. The van der Waals surface area contributed by atoms with Crippen LogP contribution in [0, 0.1) is 6.92 Å². The van der Waals surface area contributed by atoms with Gasteiger partial charge in [-0.1, -0.05) is 36.4 Å². The van der Waals surface area contributed by atoms with Gasteiger partial charge in [-0.2, -0.15) is 0 Å². The average molecular weight is 390 g/mol. The van der Waals surface area contributed by atoms with Gasteiger partial charge in [0, 0.05) is 40.7 Å². The topological polar surface area (TPSA) is 108 Å². The molecule has 0 fully saturated rings. The Hall–Kier alpha value is -3.61. The Morgan fingerprint density at radius 2 is 1.86 bits per heavy atom. The van der Waals surface area contributed by atoms with E-state index in [0.29, 0.717) is 5.56 Å². The van der Waals surface area contributed by atoms with Gasteiger partial charge < -0.3 is 20.9 Å². The van der Waals surface area contributed by atoms with Crippen LogP contribution in [0.25, 0.3) is 10.9 Å². The van der Waals surface area contributed by atoms with E-state index in [1.54, 1.807) is 4.90 Å². The van der Waals surface area contributed by atoms with Crippen molar-refractivity contribution in [3.8, 4) is 0 Å². The molecule has 1 aliphatic heterocycles. The molecule has 29 heavy (non-hydrogen) atoms. The number of fused-ring (bicyclic) bond motifs is 2.